The van der Waals surface area contributed by atoms with Crippen LogP contribution in [0, 0.1) is 0 Å². The van der Waals surface area contributed by atoms with Gasteiger partial charge >= 0.3 is 0 Å². The van der Waals surface area contributed by atoms with Gasteiger partial charge in [0, 0.05) is 24.8 Å². The highest BCUT2D eigenvalue weighted by Gasteiger charge is 2.29. The van der Waals surface area contributed by atoms with Crippen molar-refractivity contribution >= 4 is 16.5 Å². The first-order valence-electron chi connectivity index (χ1n) is 7.76. The molecule has 0 amide bonds. The van der Waals surface area contributed by atoms with Crippen LogP contribution in [0.1, 0.15) is 31.6 Å². The van der Waals surface area contributed by atoms with Gasteiger partial charge in [0.25, 0.3) is 5.56 Å². The van der Waals surface area contributed by atoms with E-state index in [4.69, 9.17) is 4.98 Å². The molecule has 2 heterocycles. The Morgan fingerprint density at radius 1 is 1.35 bits per heavy atom. The number of rotatable bonds is 3. The summed E-state index contributed by atoms with van der Waals surface area (Å²) in [7, 11) is 1.87. The van der Waals surface area contributed by atoms with E-state index in [0.29, 0.717) is 16.7 Å². The van der Waals surface area contributed by atoms with Crippen molar-refractivity contribution in [2.24, 2.45) is 7.05 Å². The number of benzene rings is 1. The molecule has 2 aromatic heterocycles. The minimum Gasteiger partial charge on any atom is -0.289 e. The molecular weight excluding hydrogens is 288 g/mol. The molecule has 0 unspecified atom stereocenters. The van der Waals surface area contributed by atoms with Gasteiger partial charge in [0.2, 0.25) is 0 Å². The maximum Gasteiger partial charge on any atom is 0.262 e. The van der Waals surface area contributed by atoms with Crippen LogP contribution in [0.2, 0.25) is 0 Å². The fourth-order valence-corrected chi connectivity index (χ4v) is 3.02. The van der Waals surface area contributed by atoms with E-state index in [1.54, 1.807) is 10.9 Å². The van der Waals surface area contributed by atoms with Gasteiger partial charge in [0.15, 0.2) is 0 Å². The number of hydrogen-bond donors (Lipinski definition) is 0. The molecule has 0 spiro atoms. The third-order valence-corrected chi connectivity index (χ3v) is 4.24. The number of nitrogens with zero attached hydrogens (tertiary/aromatic N) is 4. The summed E-state index contributed by atoms with van der Waals surface area (Å²) in [5.41, 5.74) is 3.38. The lowest BCUT2D eigenvalue weighted by molar-refractivity contribution is 0.685. The van der Waals surface area contributed by atoms with E-state index in [-0.39, 0.29) is 11.6 Å². The van der Waals surface area contributed by atoms with Crippen molar-refractivity contribution in [3.63, 3.8) is 0 Å². The van der Waals surface area contributed by atoms with Crippen molar-refractivity contribution in [1.29, 1.82) is 0 Å². The first-order chi connectivity index (χ1) is 11.1. The third-order valence-electron chi connectivity index (χ3n) is 4.24. The Morgan fingerprint density at radius 3 is 2.74 bits per heavy atom. The van der Waals surface area contributed by atoms with Crippen LogP contribution in [0.15, 0.2) is 42.0 Å². The van der Waals surface area contributed by atoms with Gasteiger partial charge in [-0.25, -0.2) is 4.98 Å². The van der Waals surface area contributed by atoms with Crippen molar-refractivity contribution in [3.05, 3.63) is 53.3 Å². The molecule has 0 atom stereocenters. The van der Waals surface area contributed by atoms with Gasteiger partial charge in [-0.1, -0.05) is 18.7 Å². The third kappa shape index (κ3) is 2.20. The Morgan fingerprint density at radius 2 is 2.13 bits per heavy atom. The molecule has 1 aliphatic carbocycles. The lowest BCUT2D eigenvalue weighted by Gasteiger charge is -2.14. The second kappa shape index (κ2) is 4.91. The van der Waals surface area contributed by atoms with E-state index in [0.717, 1.165) is 29.5 Å². The summed E-state index contributed by atoms with van der Waals surface area (Å²) >= 11 is 0. The van der Waals surface area contributed by atoms with Crippen LogP contribution >= 0.6 is 0 Å². The predicted octanol–water partition coefficient (Wildman–Crippen LogP) is 3.17. The lowest BCUT2D eigenvalue weighted by Crippen LogP contribution is -2.24. The molecule has 5 nitrogen and oxygen atoms in total. The van der Waals surface area contributed by atoms with E-state index >= 15 is 0 Å². The van der Waals surface area contributed by atoms with Crippen LogP contribution in [0.25, 0.3) is 27.6 Å². The second-order valence-corrected chi connectivity index (χ2v) is 6.22. The topological polar surface area (TPSA) is 52.7 Å². The molecule has 0 bridgehead atoms. The zero-order valence-electron chi connectivity index (χ0n) is 13.3. The summed E-state index contributed by atoms with van der Waals surface area (Å²) in [5, 5.41) is 4.88. The highest BCUT2D eigenvalue weighted by molar-refractivity contribution is 5.94. The minimum absolute atomic E-state index is 0.0231. The molecule has 5 heteroatoms. The average molecular weight is 306 g/mol. The van der Waals surface area contributed by atoms with Gasteiger partial charge < -0.3 is 0 Å². The van der Waals surface area contributed by atoms with Gasteiger partial charge in [-0.05, 0) is 37.0 Å². The summed E-state index contributed by atoms with van der Waals surface area (Å²) in [6.45, 7) is 5.89. The van der Waals surface area contributed by atoms with Crippen LogP contribution < -0.4 is 5.56 Å². The fraction of sp³-hybridized carbons (Fsp3) is 0.278. The fourth-order valence-electron chi connectivity index (χ4n) is 3.02. The Bertz CT molecular complexity index is 992. The zero-order valence-corrected chi connectivity index (χ0v) is 13.3. The minimum atomic E-state index is 0.0231. The standard InChI is InChI=1S/C18H18N4O/c1-11(2)17-20-15-6-4-5-14(12-9-19-21(3)10-12)16(15)18(23)22(17)13-7-8-13/h4-6,9-10,13H,1,7-8H2,2-3H3. The molecule has 116 valence electrons. The number of fused-ring (bicyclic) bond motifs is 1. The van der Waals surface area contributed by atoms with E-state index in [1.807, 2.05) is 42.9 Å². The number of aromatic nitrogens is 4. The van der Waals surface area contributed by atoms with Gasteiger partial charge in [-0.3, -0.25) is 14.0 Å². The van der Waals surface area contributed by atoms with Crippen LogP contribution in [-0.4, -0.2) is 19.3 Å². The molecule has 0 saturated heterocycles. The van der Waals surface area contributed by atoms with Crippen molar-refractivity contribution in [1.82, 2.24) is 19.3 Å². The normalized spacial score (nSPS) is 14.3. The molecule has 0 radical (unpaired) electrons. The van der Waals surface area contributed by atoms with Crippen LogP contribution in [0.3, 0.4) is 0 Å². The molecule has 4 rings (SSSR count). The number of allylic oxidation sites excluding steroid dienone is 1. The average Bonchev–Trinajstić information content (AvgIpc) is 3.27. The molecule has 1 aromatic carbocycles. The monoisotopic (exact) mass is 306 g/mol. The van der Waals surface area contributed by atoms with Crippen molar-refractivity contribution in [2.45, 2.75) is 25.8 Å². The van der Waals surface area contributed by atoms with E-state index in [2.05, 4.69) is 11.7 Å². The molecular formula is C18H18N4O. The first-order valence-corrected chi connectivity index (χ1v) is 7.76. The van der Waals surface area contributed by atoms with Crippen LogP contribution in [0.4, 0.5) is 0 Å². The molecule has 1 saturated carbocycles. The molecule has 3 aromatic rings. The summed E-state index contributed by atoms with van der Waals surface area (Å²) in [6, 6.07) is 6.04. The van der Waals surface area contributed by atoms with Gasteiger partial charge in [0.05, 0.1) is 17.1 Å². The molecule has 0 N–H and O–H groups in total. The predicted molar refractivity (Wildman–Crippen MR) is 91.2 cm³/mol. The highest BCUT2D eigenvalue weighted by Crippen LogP contribution is 2.36. The van der Waals surface area contributed by atoms with Crippen molar-refractivity contribution < 1.29 is 0 Å². The summed E-state index contributed by atoms with van der Waals surface area (Å²) < 4.78 is 3.56. The van der Waals surface area contributed by atoms with Gasteiger partial charge in [-0.2, -0.15) is 5.10 Å². The number of aryl methyl sites for hydroxylation is 1. The van der Waals surface area contributed by atoms with Gasteiger partial charge in [0.1, 0.15) is 5.82 Å². The van der Waals surface area contributed by atoms with Crippen LogP contribution in [0.5, 0.6) is 0 Å². The van der Waals surface area contributed by atoms with E-state index < -0.39 is 0 Å². The van der Waals surface area contributed by atoms with E-state index in [9.17, 15) is 4.79 Å². The molecule has 23 heavy (non-hydrogen) atoms. The highest BCUT2D eigenvalue weighted by atomic mass is 16.1. The quantitative estimate of drug-likeness (QED) is 0.747. The second-order valence-electron chi connectivity index (χ2n) is 6.22. The maximum atomic E-state index is 13.2. The molecule has 1 aliphatic rings. The lowest BCUT2D eigenvalue weighted by atomic mass is 10.0. The number of hydrogen-bond acceptors (Lipinski definition) is 3. The molecule has 1 fully saturated rings. The Kier molecular flexibility index (Phi) is 2.98. The zero-order chi connectivity index (χ0) is 16.1. The Labute approximate surface area is 133 Å². The van der Waals surface area contributed by atoms with E-state index in [1.165, 1.54) is 0 Å². The maximum absolute atomic E-state index is 13.2. The smallest absolute Gasteiger partial charge is 0.262 e. The summed E-state index contributed by atoms with van der Waals surface area (Å²) in [5.74, 6) is 0.702. The van der Waals surface area contributed by atoms with Gasteiger partial charge in [-0.15, -0.1) is 0 Å². The summed E-state index contributed by atoms with van der Waals surface area (Å²) in [4.78, 5) is 17.9. The Hall–Kier alpha value is -2.69. The molecule has 0 aliphatic heterocycles. The largest absolute Gasteiger partial charge is 0.289 e. The Balaban J connectivity index is 2.09. The first kappa shape index (κ1) is 13.9. The van der Waals surface area contributed by atoms with Crippen LogP contribution in [-0.2, 0) is 7.05 Å². The summed E-state index contributed by atoms with van der Waals surface area (Å²) in [6.07, 6.45) is 5.76. The SMILES string of the molecule is C=C(C)c1nc2cccc(-c3cnn(C)c3)c2c(=O)n1C1CC1. The van der Waals surface area contributed by atoms with Crippen molar-refractivity contribution in [3.8, 4) is 11.1 Å². The van der Waals surface area contributed by atoms with Crippen molar-refractivity contribution in [2.75, 3.05) is 0 Å².